The van der Waals surface area contributed by atoms with Gasteiger partial charge in [-0.3, -0.25) is 0 Å². The second-order valence-electron chi connectivity index (χ2n) is 1.69. The average Bonchev–Trinajstić information content (AvgIpc) is 2.62. The number of nitrogens with zero attached hydrogens (tertiary/aromatic N) is 2. The van der Waals surface area contributed by atoms with Crippen LogP contribution in [0.25, 0.3) is 0 Å². The van der Waals surface area contributed by atoms with E-state index in [1.54, 1.807) is 6.92 Å². The van der Waals surface area contributed by atoms with Gasteiger partial charge in [0.25, 0.3) is 0 Å². The SMILES string of the molecule is CC#CON1CC1C#N. The maximum Gasteiger partial charge on any atom is 0.149 e. The fourth-order valence-electron chi connectivity index (χ4n) is 0.434. The number of hydroxylamine groups is 2. The van der Waals surface area contributed by atoms with Gasteiger partial charge < -0.3 is 4.84 Å². The summed E-state index contributed by atoms with van der Waals surface area (Å²) in [7, 11) is 0. The number of hydrogen-bond acceptors (Lipinski definition) is 3. The van der Waals surface area contributed by atoms with Crippen LogP contribution in [0.2, 0.25) is 0 Å². The summed E-state index contributed by atoms with van der Waals surface area (Å²) < 4.78 is 0. The molecule has 0 amide bonds. The first-order valence-electron chi connectivity index (χ1n) is 2.63. The molecule has 1 aliphatic heterocycles. The largest absolute Gasteiger partial charge is 0.352 e. The van der Waals surface area contributed by atoms with E-state index >= 15 is 0 Å². The van der Waals surface area contributed by atoms with E-state index in [-0.39, 0.29) is 6.04 Å². The fourth-order valence-corrected chi connectivity index (χ4v) is 0.434. The van der Waals surface area contributed by atoms with Gasteiger partial charge in [0, 0.05) is 6.92 Å². The minimum Gasteiger partial charge on any atom is -0.352 e. The van der Waals surface area contributed by atoms with Crippen LogP contribution in [0.4, 0.5) is 0 Å². The Morgan fingerprint density at radius 2 is 2.56 bits per heavy atom. The molecular weight excluding hydrogens is 116 g/mol. The lowest BCUT2D eigenvalue weighted by molar-refractivity contribution is 0.0237. The zero-order valence-electron chi connectivity index (χ0n) is 5.09. The Labute approximate surface area is 53.8 Å². The highest BCUT2D eigenvalue weighted by molar-refractivity contribution is 5.03. The van der Waals surface area contributed by atoms with Crippen LogP contribution in [0.1, 0.15) is 6.92 Å². The van der Waals surface area contributed by atoms with E-state index in [0.717, 1.165) is 0 Å². The van der Waals surface area contributed by atoms with Crippen LogP contribution < -0.4 is 0 Å². The molecule has 0 spiro atoms. The molecule has 0 bridgehead atoms. The van der Waals surface area contributed by atoms with Crippen molar-refractivity contribution < 1.29 is 4.84 Å². The molecule has 0 radical (unpaired) electrons. The number of rotatable bonds is 1. The first kappa shape index (κ1) is 5.94. The molecule has 0 aromatic carbocycles. The van der Waals surface area contributed by atoms with Gasteiger partial charge in [-0.05, 0) is 0 Å². The molecule has 1 saturated heterocycles. The van der Waals surface area contributed by atoms with Gasteiger partial charge in [0.2, 0.25) is 0 Å². The van der Waals surface area contributed by atoms with Crippen molar-refractivity contribution in [3.05, 3.63) is 0 Å². The summed E-state index contributed by atoms with van der Waals surface area (Å²) in [5, 5.41) is 9.78. The van der Waals surface area contributed by atoms with Crippen molar-refractivity contribution in [3.63, 3.8) is 0 Å². The van der Waals surface area contributed by atoms with Crippen molar-refractivity contribution >= 4 is 0 Å². The fraction of sp³-hybridized carbons (Fsp3) is 0.500. The van der Waals surface area contributed by atoms with Crippen LogP contribution in [-0.2, 0) is 4.84 Å². The lowest BCUT2D eigenvalue weighted by atomic mass is 10.6. The number of hydrogen-bond donors (Lipinski definition) is 0. The van der Waals surface area contributed by atoms with Gasteiger partial charge in [0.05, 0.1) is 12.6 Å². The highest BCUT2D eigenvalue weighted by Crippen LogP contribution is 2.14. The van der Waals surface area contributed by atoms with Gasteiger partial charge in [-0.2, -0.15) is 5.26 Å². The smallest absolute Gasteiger partial charge is 0.149 e. The third-order valence-electron chi connectivity index (χ3n) is 0.981. The lowest BCUT2D eigenvalue weighted by Crippen LogP contribution is -1.95. The Balaban J connectivity index is 2.19. The first-order chi connectivity index (χ1) is 4.38. The molecule has 0 saturated carbocycles. The van der Waals surface area contributed by atoms with E-state index in [4.69, 9.17) is 10.1 Å². The van der Waals surface area contributed by atoms with Gasteiger partial charge in [-0.1, -0.05) is 5.92 Å². The average molecular weight is 122 g/mol. The Kier molecular flexibility index (Phi) is 1.58. The molecule has 2 atom stereocenters. The van der Waals surface area contributed by atoms with E-state index in [2.05, 4.69) is 12.0 Å². The topological polar surface area (TPSA) is 36.0 Å². The van der Waals surface area contributed by atoms with Gasteiger partial charge in [-0.25, -0.2) is 0 Å². The molecule has 1 fully saturated rings. The van der Waals surface area contributed by atoms with E-state index in [9.17, 15) is 0 Å². The molecule has 1 heterocycles. The zero-order chi connectivity index (χ0) is 6.69. The Bertz CT molecular complexity index is 195. The summed E-state index contributed by atoms with van der Waals surface area (Å²) in [5.74, 6) is 2.56. The second kappa shape index (κ2) is 2.39. The van der Waals surface area contributed by atoms with Gasteiger partial charge in [-0.15, -0.1) is 5.06 Å². The first-order valence-corrected chi connectivity index (χ1v) is 2.63. The standard InChI is InChI=1S/C6H6N2O/c1-2-3-9-8-5-6(8)4-7/h6H,5H2,1H3. The van der Waals surface area contributed by atoms with Crippen LogP contribution in [0.3, 0.4) is 0 Å². The molecule has 0 aromatic rings. The van der Waals surface area contributed by atoms with Crippen LogP contribution in [-0.4, -0.2) is 17.6 Å². The maximum absolute atomic E-state index is 8.26. The van der Waals surface area contributed by atoms with E-state index < -0.39 is 0 Å². The van der Waals surface area contributed by atoms with Crippen molar-refractivity contribution in [2.45, 2.75) is 13.0 Å². The van der Waals surface area contributed by atoms with Gasteiger partial charge >= 0.3 is 0 Å². The third kappa shape index (κ3) is 1.35. The number of nitriles is 1. The zero-order valence-corrected chi connectivity index (χ0v) is 5.09. The molecule has 9 heavy (non-hydrogen) atoms. The Morgan fingerprint density at radius 3 is 3.00 bits per heavy atom. The molecule has 2 unspecified atom stereocenters. The molecule has 1 rings (SSSR count). The summed E-state index contributed by atoms with van der Waals surface area (Å²) >= 11 is 0. The van der Waals surface area contributed by atoms with Crippen molar-refractivity contribution in [1.82, 2.24) is 5.06 Å². The molecule has 46 valence electrons. The molecule has 3 heteroatoms. The molecule has 0 aromatic heterocycles. The third-order valence-corrected chi connectivity index (χ3v) is 0.981. The maximum atomic E-state index is 8.26. The second-order valence-corrected chi connectivity index (χ2v) is 1.69. The van der Waals surface area contributed by atoms with Gasteiger partial charge in [0.1, 0.15) is 12.1 Å². The minimum absolute atomic E-state index is 0.0640. The Hall–Kier alpha value is -1.19. The van der Waals surface area contributed by atoms with E-state index in [1.807, 2.05) is 6.07 Å². The predicted molar refractivity (Wildman–Crippen MR) is 30.6 cm³/mol. The molecule has 0 N–H and O–H groups in total. The molecule has 1 aliphatic rings. The van der Waals surface area contributed by atoms with Crippen molar-refractivity contribution in [2.75, 3.05) is 6.54 Å². The van der Waals surface area contributed by atoms with Crippen LogP contribution in [0.5, 0.6) is 0 Å². The summed E-state index contributed by atoms with van der Waals surface area (Å²) in [6, 6.07) is 1.97. The lowest BCUT2D eigenvalue weighted by Gasteiger charge is -1.89. The van der Waals surface area contributed by atoms with E-state index in [1.165, 1.54) is 5.06 Å². The summed E-state index contributed by atoms with van der Waals surface area (Å²) in [6.07, 6.45) is 2.40. The van der Waals surface area contributed by atoms with Crippen LogP contribution in [0.15, 0.2) is 0 Å². The van der Waals surface area contributed by atoms with Crippen molar-refractivity contribution in [3.8, 4) is 18.1 Å². The monoisotopic (exact) mass is 122 g/mol. The molecule has 0 aliphatic carbocycles. The Morgan fingerprint density at radius 1 is 1.78 bits per heavy atom. The van der Waals surface area contributed by atoms with Crippen LogP contribution in [0, 0.1) is 23.4 Å². The summed E-state index contributed by atoms with van der Waals surface area (Å²) in [6.45, 7) is 2.37. The highest BCUT2D eigenvalue weighted by Gasteiger charge is 2.36. The van der Waals surface area contributed by atoms with Crippen molar-refractivity contribution in [1.29, 1.82) is 5.26 Å². The molecule has 3 nitrogen and oxygen atoms in total. The normalized spacial score (nSPS) is 29.3. The van der Waals surface area contributed by atoms with Gasteiger partial charge in [0.15, 0.2) is 0 Å². The van der Waals surface area contributed by atoms with Crippen LogP contribution >= 0.6 is 0 Å². The summed E-state index contributed by atoms with van der Waals surface area (Å²) in [4.78, 5) is 4.76. The highest BCUT2D eigenvalue weighted by atomic mass is 16.7. The van der Waals surface area contributed by atoms with Crippen molar-refractivity contribution in [2.24, 2.45) is 0 Å². The molecular formula is C6H6N2O. The summed E-state index contributed by atoms with van der Waals surface area (Å²) in [5.41, 5.74) is 0. The quantitative estimate of drug-likeness (QED) is 0.365. The predicted octanol–water partition coefficient (Wildman–Crippen LogP) is 0.107. The minimum atomic E-state index is -0.0640. The van der Waals surface area contributed by atoms with E-state index in [0.29, 0.717) is 6.54 Å².